The summed E-state index contributed by atoms with van der Waals surface area (Å²) in [6.45, 7) is 8.59. The van der Waals surface area contributed by atoms with Crippen molar-refractivity contribution >= 4 is 0 Å². The average Bonchev–Trinajstić information content (AvgIpc) is 2.16. The van der Waals surface area contributed by atoms with Gasteiger partial charge in [0.1, 0.15) is 0 Å². The second kappa shape index (κ2) is 10.1. The van der Waals surface area contributed by atoms with Crippen molar-refractivity contribution in [2.45, 2.75) is 71.6 Å². The second-order valence-electron chi connectivity index (χ2n) is 4.15. The predicted molar refractivity (Wildman–Crippen MR) is 61.7 cm³/mol. The summed E-state index contributed by atoms with van der Waals surface area (Å²) in [4.78, 5) is 0. The van der Waals surface area contributed by atoms with Gasteiger partial charge in [-0.1, -0.05) is 78.6 Å². The van der Waals surface area contributed by atoms with E-state index in [4.69, 9.17) is 0 Å². The van der Waals surface area contributed by atoms with Crippen LogP contribution >= 0.6 is 0 Å². The zero-order valence-corrected chi connectivity index (χ0v) is 9.65. The minimum absolute atomic E-state index is 0.915. The van der Waals surface area contributed by atoms with E-state index < -0.39 is 0 Å². The van der Waals surface area contributed by atoms with Crippen LogP contribution in [0.2, 0.25) is 0 Å². The molecule has 13 heavy (non-hydrogen) atoms. The van der Waals surface area contributed by atoms with Crippen LogP contribution in [0.1, 0.15) is 71.6 Å². The third kappa shape index (κ3) is 8.33. The number of hydrogen-bond donors (Lipinski definition) is 0. The molecule has 0 aromatic heterocycles. The van der Waals surface area contributed by atoms with Gasteiger partial charge in [0.2, 0.25) is 0 Å². The number of hydrogen-bond acceptors (Lipinski definition) is 0. The fraction of sp³-hybridized carbons (Fsp3) is 0.923. The van der Waals surface area contributed by atoms with Crippen molar-refractivity contribution in [2.24, 2.45) is 5.92 Å². The Morgan fingerprint density at radius 2 is 1.31 bits per heavy atom. The molecule has 0 aromatic rings. The first-order chi connectivity index (χ1) is 6.35. The van der Waals surface area contributed by atoms with Gasteiger partial charge in [-0.15, -0.1) is 0 Å². The van der Waals surface area contributed by atoms with Crippen molar-refractivity contribution < 1.29 is 0 Å². The fourth-order valence-electron chi connectivity index (χ4n) is 1.80. The highest BCUT2D eigenvalue weighted by Gasteiger charge is 2.04. The standard InChI is InChI=1S/C13H27/c1-4-7-9-11-13(6-3)12-10-8-5-2/h13H,3-12H2,1-2H3. The van der Waals surface area contributed by atoms with E-state index in [0.717, 1.165) is 12.3 Å². The summed E-state index contributed by atoms with van der Waals surface area (Å²) >= 11 is 0. The molecule has 0 rings (SSSR count). The molecule has 0 bridgehead atoms. The summed E-state index contributed by atoms with van der Waals surface area (Å²) in [5, 5.41) is 0. The van der Waals surface area contributed by atoms with Gasteiger partial charge in [0.05, 0.1) is 0 Å². The van der Waals surface area contributed by atoms with Gasteiger partial charge in [-0.2, -0.15) is 0 Å². The van der Waals surface area contributed by atoms with E-state index in [1.807, 2.05) is 0 Å². The summed E-state index contributed by atoms with van der Waals surface area (Å²) in [6.07, 6.45) is 12.3. The van der Waals surface area contributed by atoms with Gasteiger partial charge in [0.15, 0.2) is 0 Å². The van der Waals surface area contributed by atoms with Crippen LogP contribution in [0.25, 0.3) is 0 Å². The Balaban J connectivity index is 3.28. The molecule has 0 atom stereocenters. The maximum atomic E-state index is 4.04. The Bertz CT molecular complexity index is 76.0. The van der Waals surface area contributed by atoms with Crippen LogP contribution in [0, 0.1) is 12.8 Å². The van der Waals surface area contributed by atoms with Crippen LogP contribution in [0.5, 0.6) is 0 Å². The zero-order valence-electron chi connectivity index (χ0n) is 9.65. The monoisotopic (exact) mass is 183 g/mol. The molecule has 0 aromatic carbocycles. The van der Waals surface area contributed by atoms with Crippen LogP contribution in [-0.4, -0.2) is 0 Å². The Labute approximate surface area is 85.1 Å². The molecule has 0 aliphatic heterocycles. The van der Waals surface area contributed by atoms with Crippen LogP contribution in [0.4, 0.5) is 0 Å². The topological polar surface area (TPSA) is 0 Å². The molecule has 0 unspecified atom stereocenters. The molecule has 79 valence electrons. The van der Waals surface area contributed by atoms with Crippen LogP contribution in [0.15, 0.2) is 0 Å². The van der Waals surface area contributed by atoms with E-state index in [0.29, 0.717) is 0 Å². The van der Waals surface area contributed by atoms with E-state index in [-0.39, 0.29) is 0 Å². The lowest BCUT2D eigenvalue weighted by Crippen LogP contribution is -1.98. The van der Waals surface area contributed by atoms with Crippen molar-refractivity contribution in [3.05, 3.63) is 6.92 Å². The Hall–Kier alpha value is 0. The molecular weight excluding hydrogens is 156 g/mol. The first-order valence-corrected chi connectivity index (χ1v) is 6.14. The second-order valence-corrected chi connectivity index (χ2v) is 4.15. The highest BCUT2D eigenvalue weighted by molar-refractivity contribution is 4.61. The van der Waals surface area contributed by atoms with E-state index in [2.05, 4.69) is 20.8 Å². The largest absolute Gasteiger partial charge is 0.0654 e. The van der Waals surface area contributed by atoms with Gasteiger partial charge in [-0.25, -0.2) is 0 Å². The fourth-order valence-corrected chi connectivity index (χ4v) is 1.80. The zero-order chi connectivity index (χ0) is 9.94. The number of rotatable bonds is 9. The average molecular weight is 183 g/mol. The molecule has 0 heterocycles. The summed E-state index contributed by atoms with van der Waals surface area (Å²) in [5.41, 5.74) is 0. The van der Waals surface area contributed by atoms with E-state index in [1.165, 1.54) is 51.4 Å². The van der Waals surface area contributed by atoms with Gasteiger partial charge in [-0.3, -0.25) is 0 Å². The first kappa shape index (κ1) is 13.0. The maximum Gasteiger partial charge on any atom is -0.0414 e. The van der Waals surface area contributed by atoms with Crippen molar-refractivity contribution in [3.63, 3.8) is 0 Å². The molecular formula is C13H27. The van der Waals surface area contributed by atoms with Crippen molar-refractivity contribution in [2.75, 3.05) is 0 Å². The normalized spacial score (nSPS) is 11.1. The van der Waals surface area contributed by atoms with Crippen LogP contribution in [0.3, 0.4) is 0 Å². The van der Waals surface area contributed by atoms with Crippen molar-refractivity contribution in [1.82, 2.24) is 0 Å². The van der Waals surface area contributed by atoms with Gasteiger partial charge in [0, 0.05) is 0 Å². The molecule has 0 fully saturated rings. The van der Waals surface area contributed by atoms with Gasteiger partial charge >= 0.3 is 0 Å². The molecule has 1 radical (unpaired) electrons. The Morgan fingerprint density at radius 1 is 0.846 bits per heavy atom. The molecule has 0 heteroatoms. The minimum atomic E-state index is 0.915. The summed E-state index contributed by atoms with van der Waals surface area (Å²) in [6, 6.07) is 0. The number of unbranched alkanes of at least 4 members (excludes halogenated alkanes) is 4. The van der Waals surface area contributed by atoms with Crippen LogP contribution in [-0.2, 0) is 0 Å². The lowest BCUT2D eigenvalue weighted by Gasteiger charge is -2.13. The summed E-state index contributed by atoms with van der Waals surface area (Å²) < 4.78 is 0. The van der Waals surface area contributed by atoms with Gasteiger partial charge < -0.3 is 0 Å². The van der Waals surface area contributed by atoms with Crippen molar-refractivity contribution in [1.29, 1.82) is 0 Å². The molecule has 0 aliphatic rings. The third-order valence-electron chi connectivity index (χ3n) is 2.84. The van der Waals surface area contributed by atoms with Crippen molar-refractivity contribution in [3.8, 4) is 0 Å². The highest BCUT2D eigenvalue weighted by Crippen LogP contribution is 2.19. The molecule has 0 aliphatic carbocycles. The molecule has 0 spiro atoms. The first-order valence-electron chi connectivity index (χ1n) is 6.14. The quantitative estimate of drug-likeness (QED) is 0.442. The lowest BCUT2D eigenvalue weighted by molar-refractivity contribution is 0.413. The highest BCUT2D eigenvalue weighted by atomic mass is 14.1. The SMILES string of the molecule is [CH2]CC(CCCCC)CCCCC. The Morgan fingerprint density at radius 3 is 1.62 bits per heavy atom. The van der Waals surface area contributed by atoms with Gasteiger partial charge in [0.25, 0.3) is 0 Å². The molecule has 0 amide bonds. The van der Waals surface area contributed by atoms with E-state index >= 15 is 0 Å². The summed E-state index contributed by atoms with van der Waals surface area (Å²) in [5.74, 6) is 0.915. The van der Waals surface area contributed by atoms with E-state index in [9.17, 15) is 0 Å². The molecule has 0 saturated carbocycles. The molecule has 0 saturated heterocycles. The predicted octanol–water partition coefficient (Wildman–Crippen LogP) is 4.99. The Kier molecular flexibility index (Phi) is 10.1. The van der Waals surface area contributed by atoms with Crippen LogP contribution < -0.4 is 0 Å². The lowest BCUT2D eigenvalue weighted by atomic mass is 9.93. The minimum Gasteiger partial charge on any atom is -0.0654 e. The maximum absolute atomic E-state index is 4.04. The van der Waals surface area contributed by atoms with Gasteiger partial charge in [-0.05, 0) is 5.92 Å². The summed E-state index contributed by atoms with van der Waals surface area (Å²) in [7, 11) is 0. The smallest absolute Gasteiger partial charge is 0.0414 e. The molecule has 0 N–H and O–H groups in total. The molecule has 0 nitrogen and oxygen atoms in total. The van der Waals surface area contributed by atoms with E-state index in [1.54, 1.807) is 0 Å². The third-order valence-corrected chi connectivity index (χ3v) is 2.84.